The minimum atomic E-state index is -0.270. The number of nitrogens with one attached hydrogen (secondary N) is 2. The Kier molecular flexibility index (Phi) is 8.01. The first-order valence-electron chi connectivity index (χ1n) is 12.4. The zero-order chi connectivity index (χ0) is 25.8. The SMILES string of the molecule is CCNCCN(CC(=O)N(C)N1Cc2cccc(F)c2C1)C(=O)CNc1cc2c(cc1C)CCC2=O. The summed E-state index contributed by atoms with van der Waals surface area (Å²) in [6, 6.07) is 8.80. The molecule has 36 heavy (non-hydrogen) atoms. The number of Topliss-reactive ketones (excluding diaryl/α,β-unsaturated/α-hetero) is 1. The van der Waals surface area contributed by atoms with Crippen LogP contribution in [0.25, 0.3) is 0 Å². The van der Waals surface area contributed by atoms with Gasteiger partial charge in [0.25, 0.3) is 5.91 Å². The van der Waals surface area contributed by atoms with E-state index >= 15 is 0 Å². The number of amides is 2. The Morgan fingerprint density at radius 3 is 2.67 bits per heavy atom. The summed E-state index contributed by atoms with van der Waals surface area (Å²) >= 11 is 0. The smallest absolute Gasteiger partial charge is 0.256 e. The molecule has 0 unspecified atom stereocenters. The van der Waals surface area contributed by atoms with E-state index in [9.17, 15) is 18.8 Å². The molecule has 0 radical (unpaired) electrons. The van der Waals surface area contributed by atoms with Crippen molar-refractivity contribution in [2.24, 2.45) is 0 Å². The molecule has 2 amide bonds. The maximum Gasteiger partial charge on any atom is 0.256 e. The van der Waals surface area contributed by atoms with Gasteiger partial charge in [-0.15, -0.1) is 0 Å². The van der Waals surface area contributed by atoms with Crippen molar-refractivity contribution in [1.82, 2.24) is 20.2 Å². The zero-order valence-corrected chi connectivity index (χ0v) is 21.2. The van der Waals surface area contributed by atoms with Crippen LogP contribution in [-0.4, -0.2) is 72.3 Å². The van der Waals surface area contributed by atoms with Gasteiger partial charge in [0.2, 0.25) is 5.91 Å². The fourth-order valence-corrected chi connectivity index (χ4v) is 4.77. The van der Waals surface area contributed by atoms with Crippen LogP contribution in [0.1, 0.15) is 46.0 Å². The van der Waals surface area contributed by atoms with Gasteiger partial charge in [-0.25, -0.2) is 9.40 Å². The van der Waals surface area contributed by atoms with Crippen LogP contribution in [0.15, 0.2) is 30.3 Å². The molecule has 1 aliphatic heterocycles. The summed E-state index contributed by atoms with van der Waals surface area (Å²) in [4.78, 5) is 39.9. The Morgan fingerprint density at radius 2 is 1.92 bits per heavy atom. The first-order chi connectivity index (χ1) is 17.3. The number of hydrazine groups is 1. The lowest BCUT2D eigenvalue weighted by Gasteiger charge is -2.31. The number of halogens is 1. The van der Waals surface area contributed by atoms with E-state index in [0.29, 0.717) is 38.2 Å². The lowest BCUT2D eigenvalue weighted by molar-refractivity contribution is -0.151. The minimum Gasteiger partial charge on any atom is -0.376 e. The van der Waals surface area contributed by atoms with Crippen LogP contribution in [0.2, 0.25) is 0 Å². The lowest BCUT2D eigenvalue weighted by Crippen LogP contribution is -2.49. The third-order valence-corrected chi connectivity index (χ3v) is 6.98. The molecule has 2 aromatic rings. The van der Waals surface area contributed by atoms with E-state index in [0.717, 1.165) is 40.9 Å². The van der Waals surface area contributed by atoms with Gasteiger partial charge in [-0.1, -0.05) is 25.1 Å². The topological polar surface area (TPSA) is 85.0 Å². The highest BCUT2D eigenvalue weighted by molar-refractivity contribution is 6.01. The van der Waals surface area contributed by atoms with Crippen molar-refractivity contribution in [3.63, 3.8) is 0 Å². The molecular weight excluding hydrogens is 461 g/mol. The lowest BCUT2D eigenvalue weighted by atomic mass is 10.0. The number of carbonyl (C=O) groups is 3. The molecular formula is C27H34FN5O3. The van der Waals surface area contributed by atoms with Crippen LogP contribution >= 0.6 is 0 Å². The molecule has 2 aliphatic rings. The van der Waals surface area contributed by atoms with Crippen molar-refractivity contribution < 1.29 is 18.8 Å². The Labute approximate surface area is 211 Å². The summed E-state index contributed by atoms with van der Waals surface area (Å²) in [7, 11) is 1.65. The molecule has 8 nitrogen and oxygen atoms in total. The number of benzene rings is 2. The van der Waals surface area contributed by atoms with Gasteiger partial charge in [0.1, 0.15) is 12.4 Å². The van der Waals surface area contributed by atoms with E-state index in [2.05, 4.69) is 10.6 Å². The van der Waals surface area contributed by atoms with Crippen molar-refractivity contribution in [2.45, 2.75) is 39.8 Å². The van der Waals surface area contributed by atoms with Crippen molar-refractivity contribution >= 4 is 23.3 Å². The number of carbonyl (C=O) groups excluding carboxylic acids is 3. The summed E-state index contributed by atoms with van der Waals surface area (Å²) in [5, 5.41) is 9.63. The highest BCUT2D eigenvalue weighted by Gasteiger charge is 2.29. The van der Waals surface area contributed by atoms with Gasteiger partial charge in [-0.2, -0.15) is 0 Å². The number of fused-ring (bicyclic) bond motifs is 2. The molecule has 0 atom stereocenters. The molecule has 0 fully saturated rings. The zero-order valence-electron chi connectivity index (χ0n) is 21.2. The summed E-state index contributed by atoms with van der Waals surface area (Å²) < 4.78 is 14.1. The van der Waals surface area contributed by atoms with Crippen LogP contribution in [0.5, 0.6) is 0 Å². The second kappa shape index (κ2) is 11.2. The second-order valence-corrected chi connectivity index (χ2v) is 9.39. The average molecular weight is 496 g/mol. The van der Waals surface area contributed by atoms with Crippen molar-refractivity contribution in [3.05, 3.63) is 64.0 Å². The molecule has 0 saturated heterocycles. The van der Waals surface area contributed by atoms with Gasteiger partial charge >= 0.3 is 0 Å². The standard InChI is InChI=1S/C27H34FN5O3/c1-4-29-10-11-32(17-27(36)31(3)33-15-20-6-5-7-23(28)22(20)16-33)26(35)14-30-24-13-21-19(12-18(24)2)8-9-25(21)34/h5-7,12-13,29-30H,4,8-11,14-17H2,1-3H3. The predicted octanol–water partition coefficient (Wildman–Crippen LogP) is 2.50. The number of likely N-dealkylation sites (N-methyl/N-ethyl adjacent to an activating group) is 2. The highest BCUT2D eigenvalue weighted by atomic mass is 19.1. The Hall–Kier alpha value is -3.30. The van der Waals surface area contributed by atoms with E-state index < -0.39 is 0 Å². The largest absolute Gasteiger partial charge is 0.376 e. The van der Waals surface area contributed by atoms with E-state index in [-0.39, 0.29) is 36.5 Å². The van der Waals surface area contributed by atoms with Gasteiger partial charge in [-0.05, 0) is 48.7 Å². The summed E-state index contributed by atoms with van der Waals surface area (Å²) in [6.45, 7) is 6.32. The average Bonchev–Trinajstić information content (AvgIpc) is 3.45. The maximum absolute atomic E-state index is 14.1. The third-order valence-electron chi connectivity index (χ3n) is 6.98. The quantitative estimate of drug-likeness (QED) is 0.493. The molecule has 9 heteroatoms. The van der Waals surface area contributed by atoms with Gasteiger partial charge in [-0.3, -0.25) is 19.4 Å². The molecule has 1 heterocycles. The Balaban J connectivity index is 1.39. The van der Waals surface area contributed by atoms with E-state index in [1.54, 1.807) is 18.1 Å². The van der Waals surface area contributed by atoms with Crippen LogP contribution in [-0.2, 0) is 29.1 Å². The summed E-state index contributed by atoms with van der Waals surface area (Å²) in [5.74, 6) is -0.596. The van der Waals surface area contributed by atoms with Crippen molar-refractivity contribution in [1.29, 1.82) is 0 Å². The Morgan fingerprint density at radius 1 is 1.11 bits per heavy atom. The monoisotopic (exact) mass is 495 g/mol. The molecule has 0 saturated carbocycles. The number of rotatable bonds is 10. The maximum atomic E-state index is 14.1. The predicted molar refractivity (Wildman–Crippen MR) is 136 cm³/mol. The fraction of sp³-hybridized carbons (Fsp3) is 0.444. The number of hydrogen-bond donors (Lipinski definition) is 2. The van der Waals surface area contributed by atoms with Crippen LogP contribution in [0, 0.1) is 12.7 Å². The van der Waals surface area contributed by atoms with Gasteiger partial charge in [0.15, 0.2) is 5.78 Å². The molecule has 2 aromatic carbocycles. The van der Waals surface area contributed by atoms with Crippen molar-refractivity contribution in [3.8, 4) is 0 Å². The summed E-state index contributed by atoms with van der Waals surface area (Å²) in [6.07, 6.45) is 1.29. The first-order valence-corrected chi connectivity index (χ1v) is 12.4. The first kappa shape index (κ1) is 25.8. The van der Waals surface area contributed by atoms with Crippen molar-refractivity contribution in [2.75, 3.05) is 45.1 Å². The number of hydrogen-bond acceptors (Lipinski definition) is 6. The second-order valence-electron chi connectivity index (χ2n) is 9.39. The molecule has 0 bridgehead atoms. The normalized spacial score (nSPS) is 14.5. The van der Waals surface area contributed by atoms with Gasteiger partial charge in [0.05, 0.1) is 6.54 Å². The minimum absolute atomic E-state index is 0.0112. The molecule has 2 N–H and O–H groups in total. The molecule has 0 spiro atoms. The van der Waals surface area contributed by atoms with Crippen LogP contribution < -0.4 is 10.6 Å². The molecule has 4 rings (SSSR count). The highest BCUT2D eigenvalue weighted by Crippen LogP contribution is 2.28. The number of ketones is 1. The molecule has 192 valence electrons. The number of aryl methyl sites for hydroxylation is 2. The molecule has 1 aliphatic carbocycles. The Bertz CT molecular complexity index is 1170. The van der Waals surface area contributed by atoms with Crippen LogP contribution in [0.4, 0.5) is 10.1 Å². The van der Waals surface area contributed by atoms with E-state index in [1.165, 1.54) is 16.0 Å². The van der Waals surface area contributed by atoms with Crippen LogP contribution in [0.3, 0.4) is 0 Å². The van der Waals surface area contributed by atoms with E-state index in [4.69, 9.17) is 0 Å². The third kappa shape index (κ3) is 5.57. The number of anilines is 1. The summed E-state index contributed by atoms with van der Waals surface area (Å²) in [5.41, 5.74) is 4.97. The number of nitrogens with zero attached hydrogens (tertiary/aromatic N) is 3. The fourth-order valence-electron chi connectivity index (χ4n) is 4.77. The van der Waals surface area contributed by atoms with Gasteiger partial charge < -0.3 is 15.5 Å². The molecule has 0 aromatic heterocycles. The van der Waals surface area contributed by atoms with E-state index in [1.807, 2.05) is 32.0 Å². The van der Waals surface area contributed by atoms with Gasteiger partial charge in [0, 0.05) is 56.5 Å².